The highest BCUT2D eigenvalue weighted by molar-refractivity contribution is 5.23. The fourth-order valence-corrected chi connectivity index (χ4v) is 2.72. The van der Waals surface area contributed by atoms with E-state index in [1.807, 2.05) is 12.5 Å². The van der Waals surface area contributed by atoms with Gasteiger partial charge in [0, 0.05) is 30.9 Å². The Bertz CT molecular complexity index is 524. The van der Waals surface area contributed by atoms with Crippen LogP contribution in [0.15, 0.2) is 36.8 Å². The van der Waals surface area contributed by atoms with E-state index in [-0.39, 0.29) is 0 Å². The molecule has 1 aliphatic rings. The maximum Gasteiger partial charge on any atom is 0.0951 e. The third-order valence-electron chi connectivity index (χ3n) is 3.66. The van der Waals surface area contributed by atoms with Gasteiger partial charge in [0.25, 0.3) is 0 Å². The molecular formula is C15H19N3. The summed E-state index contributed by atoms with van der Waals surface area (Å²) in [4.78, 5) is 4.32. The Balaban J connectivity index is 1.82. The zero-order valence-corrected chi connectivity index (χ0v) is 10.8. The Labute approximate surface area is 108 Å². The highest BCUT2D eigenvalue weighted by Gasteiger charge is 2.19. The van der Waals surface area contributed by atoms with Gasteiger partial charge in [0.05, 0.1) is 6.33 Å². The van der Waals surface area contributed by atoms with Crippen molar-refractivity contribution in [2.45, 2.75) is 25.8 Å². The molecule has 1 fully saturated rings. The molecule has 0 spiro atoms. The molecule has 1 saturated heterocycles. The molecule has 1 N–H and O–H groups in total. The summed E-state index contributed by atoms with van der Waals surface area (Å²) in [6.07, 6.45) is 5.20. The van der Waals surface area contributed by atoms with Crippen LogP contribution in [0.3, 0.4) is 0 Å². The van der Waals surface area contributed by atoms with E-state index in [1.165, 1.54) is 23.2 Å². The minimum absolute atomic E-state index is 0.623. The van der Waals surface area contributed by atoms with Crippen molar-refractivity contribution in [3.63, 3.8) is 0 Å². The van der Waals surface area contributed by atoms with Gasteiger partial charge < -0.3 is 9.88 Å². The number of benzene rings is 1. The van der Waals surface area contributed by atoms with Crippen molar-refractivity contribution in [3.05, 3.63) is 53.6 Å². The van der Waals surface area contributed by atoms with Crippen molar-refractivity contribution >= 4 is 0 Å². The molecule has 2 aromatic rings. The van der Waals surface area contributed by atoms with Crippen LogP contribution in [0.4, 0.5) is 0 Å². The molecule has 1 aromatic carbocycles. The summed E-state index contributed by atoms with van der Waals surface area (Å²) in [5.41, 5.74) is 4.03. The summed E-state index contributed by atoms with van der Waals surface area (Å²) in [5.74, 6) is 0.623. The topological polar surface area (TPSA) is 29.9 Å². The molecule has 1 aliphatic heterocycles. The van der Waals surface area contributed by atoms with Crippen LogP contribution in [0.5, 0.6) is 0 Å². The Kier molecular flexibility index (Phi) is 3.15. The number of aryl methyl sites for hydroxylation is 1. The van der Waals surface area contributed by atoms with E-state index >= 15 is 0 Å². The second-order valence-corrected chi connectivity index (χ2v) is 5.13. The van der Waals surface area contributed by atoms with Gasteiger partial charge in [-0.3, -0.25) is 0 Å². The van der Waals surface area contributed by atoms with Crippen molar-refractivity contribution in [3.8, 4) is 0 Å². The molecule has 0 amide bonds. The molecule has 3 rings (SSSR count). The van der Waals surface area contributed by atoms with E-state index in [0.29, 0.717) is 5.92 Å². The van der Waals surface area contributed by atoms with Crippen molar-refractivity contribution in [2.24, 2.45) is 0 Å². The van der Waals surface area contributed by atoms with Crippen LogP contribution in [0.25, 0.3) is 0 Å². The quantitative estimate of drug-likeness (QED) is 0.893. The van der Waals surface area contributed by atoms with E-state index in [4.69, 9.17) is 0 Å². The van der Waals surface area contributed by atoms with E-state index in [9.17, 15) is 0 Å². The lowest BCUT2D eigenvalue weighted by Gasteiger charge is -2.13. The first kappa shape index (κ1) is 11.5. The van der Waals surface area contributed by atoms with Crippen LogP contribution in [-0.2, 0) is 6.54 Å². The minimum atomic E-state index is 0.623. The lowest BCUT2D eigenvalue weighted by molar-refractivity contribution is 0.654. The van der Waals surface area contributed by atoms with Crippen molar-refractivity contribution in [1.82, 2.24) is 14.9 Å². The summed E-state index contributed by atoms with van der Waals surface area (Å²) in [7, 11) is 0. The summed E-state index contributed by atoms with van der Waals surface area (Å²) in [6.45, 7) is 5.27. The van der Waals surface area contributed by atoms with Gasteiger partial charge in [-0.1, -0.05) is 29.8 Å². The first-order chi connectivity index (χ1) is 8.83. The molecule has 94 valence electrons. The molecule has 0 bridgehead atoms. The Morgan fingerprint density at radius 1 is 1.44 bits per heavy atom. The van der Waals surface area contributed by atoms with Crippen molar-refractivity contribution < 1.29 is 0 Å². The maximum atomic E-state index is 4.32. The predicted molar refractivity (Wildman–Crippen MR) is 72.7 cm³/mol. The minimum Gasteiger partial charge on any atom is -0.330 e. The fraction of sp³-hybridized carbons (Fsp3) is 0.400. The molecule has 1 unspecified atom stereocenters. The molecule has 3 nitrogen and oxygen atoms in total. The third kappa shape index (κ3) is 2.31. The average Bonchev–Trinajstić information content (AvgIpc) is 2.98. The Hall–Kier alpha value is -1.61. The standard InChI is InChI=1S/C15H19N3/c1-12-3-2-4-13(7-12)10-18-11-17-9-15(18)14-5-6-16-8-14/h2-4,7,9,11,14,16H,5-6,8,10H2,1H3. The summed E-state index contributed by atoms with van der Waals surface area (Å²) >= 11 is 0. The van der Waals surface area contributed by atoms with E-state index < -0.39 is 0 Å². The van der Waals surface area contributed by atoms with Crippen LogP contribution in [-0.4, -0.2) is 22.6 Å². The average molecular weight is 241 g/mol. The summed E-state index contributed by atoms with van der Waals surface area (Å²) in [6, 6.07) is 8.69. The monoisotopic (exact) mass is 241 g/mol. The van der Waals surface area contributed by atoms with Gasteiger partial charge in [-0.25, -0.2) is 4.98 Å². The van der Waals surface area contributed by atoms with Crippen LogP contribution < -0.4 is 5.32 Å². The van der Waals surface area contributed by atoms with Gasteiger partial charge in [-0.15, -0.1) is 0 Å². The fourth-order valence-electron chi connectivity index (χ4n) is 2.72. The van der Waals surface area contributed by atoms with Crippen LogP contribution in [0.2, 0.25) is 0 Å². The van der Waals surface area contributed by atoms with Gasteiger partial charge in [0.15, 0.2) is 0 Å². The molecule has 0 saturated carbocycles. The van der Waals surface area contributed by atoms with Crippen molar-refractivity contribution in [2.75, 3.05) is 13.1 Å². The molecule has 1 aromatic heterocycles. The largest absolute Gasteiger partial charge is 0.330 e. The molecule has 2 heterocycles. The molecule has 0 radical (unpaired) electrons. The highest BCUT2D eigenvalue weighted by Crippen LogP contribution is 2.22. The van der Waals surface area contributed by atoms with Crippen LogP contribution in [0, 0.1) is 6.92 Å². The van der Waals surface area contributed by atoms with E-state index in [2.05, 4.69) is 46.1 Å². The van der Waals surface area contributed by atoms with Crippen molar-refractivity contribution in [1.29, 1.82) is 0 Å². The molecule has 1 atom stereocenters. The van der Waals surface area contributed by atoms with Gasteiger partial charge in [0.1, 0.15) is 0 Å². The summed E-state index contributed by atoms with van der Waals surface area (Å²) in [5, 5.41) is 3.42. The number of rotatable bonds is 3. The number of aromatic nitrogens is 2. The third-order valence-corrected chi connectivity index (χ3v) is 3.66. The first-order valence-corrected chi connectivity index (χ1v) is 6.59. The second kappa shape index (κ2) is 4.94. The lowest BCUT2D eigenvalue weighted by Crippen LogP contribution is -2.12. The van der Waals surface area contributed by atoms with E-state index in [1.54, 1.807) is 0 Å². The SMILES string of the molecule is Cc1cccc(Cn2cncc2C2CCNC2)c1. The second-order valence-electron chi connectivity index (χ2n) is 5.13. The number of hydrogen-bond acceptors (Lipinski definition) is 2. The smallest absolute Gasteiger partial charge is 0.0951 e. The number of imidazole rings is 1. The number of nitrogens with one attached hydrogen (secondary N) is 1. The zero-order valence-electron chi connectivity index (χ0n) is 10.8. The van der Waals surface area contributed by atoms with Gasteiger partial charge in [0.2, 0.25) is 0 Å². The zero-order chi connectivity index (χ0) is 12.4. The van der Waals surface area contributed by atoms with E-state index in [0.717, 1.165) is 19.6 Å². The molecule has 0 aliphatic carbocycles. The first-order valence-electron chi connectivity index (χ1n) is 6.59. The van der Waals surface area contributed by atoms with Gasteiger partial charge in [-0.2, -0.15) is 0 Å². The van der Waals surface area contributed by atoms with Crippen LogP contribution >= 0.6 is 0 Å². The molecule has 18 heavy (non-hydrogen) atoms. The lowest BCUT2D eigenvalue weighted by atomic mass is 10.1. The predicted octanol–water partition coefficient (Wildman–Crippen LogP) is 2.32. The normalized spacial score (nSPS) is 19.3. The van der Waals surface area contributed by atoms with Crippen LogP contribution in [0.1, 0.15) is 29.2 Å². The molecule has 3 heteroatoms. The summed E-state index contributed by atoms with van der Waals surface area (Å²) < 4.78 is 2.28. The van der Waals surface area contributed by atoms with Gasteiger partial charge >= 0.3 is 0 Å². The number of nitrogens with zero attached hydrogens (tertiary/aromatic N) is 2. The Morgan fingerprint density at radius 2 is 2.39 bits per heavy atom. The number of hydrogen-bond donors (Lipinski definition) is 1. The highest BCUT2D eigenvalue weighted by atomic mass is 15.1. The van der Waals surface area contributed by atoms with Gasteiger partial charge in [-0.05, 0) is 25.5 Å². The molecular weight excluding hydrogens is 222 g/mol. The Morgan fingerprint density at radius 3 is 3.17 bits per heavy atom. The maximum absolute atomic E-state index is 4.32.